The lowest BCUT2D eigenvalue weighted by atomic mass is 9.96. The van der Waals surface area contributed by atoms with Crippen LogP contribution in [0.1, 0.15) is 22.6 Å². The zero-order valence-corrected chi connectivity index (χ0v) is 18.6. The molecule has 6 nitrogen and oxygen atoms in total. The maximum atomic E-state index is 15.8. The molecule has 5 rings (SSSR count). The maximum absolute atomic E-state index is 15.8. The third-order valence-corrected chi connectivity index (χ3v) is 5.61. The second-order valence-corrected chi connectivity index (χ2v) is 7.78. The molecule has 0 aliphatic carbocycles. The number of aromatic amines is 1. The van der Waals surface area contributed by atoms with Crippen molar-refractivity contribution < 1.29 is 23.0 Å². The van der Waals surface area contributed by atoms with Crippen molar-refractivity contribution in [3.05, 3.63) is 95.2 Å². The summed E-state index contributed by atoms with van der Waals surface area (Å²) in [4.78, 5) is 14.7. The summed E-state index contributed by atoms with van der Waals surface area (Å²) < 4.78 is 24.6. The van der Waals surface area contributed by atoms with Gasteiger partial charge in [0.2, 0.25) is 5.71 Å². The molecule has 2 aliphatic rings. The van der Waals surface area contributed by atoms with E-state index >= 15 is 4.32 Å². The summed E-state index contributed by atoms with van der Waals surface area (Å²) in [7, 11) is -1.37. The number of carbonyl (C=O) groups excluding carboxylic acids is 1. The zero-order valence-electron chi connectivity index (χ0n) is 18.6. The molecule has 0 bridgehead atoms. The number of hydrogen-bond acceptors (Lipinski definition) is 2. The van der Waals surface area contributed by atoms with Gasteiger partial charge in [-0.1, -0.05) is 24.1 Å². The molecule has 0 radical (unpaired) electrons. The summed E-state index contributed by atoms with van der Waals surface area (Å²) in [5.41, 5.74) is 4.96. The lowest BCUT2D eigenvalue weighted by Gasteiger charge is -2.14. The number of hydrogen-bond donors (Lipinski definition) is 2. The van der Waals surface area contributed by atoms with Gasteiger partial charge in [-0.3, -0.25) is 9.27 Å². The number of ether oxygens (including phenoxy) is 1. The smallest absolute Gasteiger partial charge is 0.846 e. The third kappa shape index (κ3) is 4.73. The van der Waals surface area contributed by atoms with Gasteiger partial charge >= 0.3 is 7.26 Å². The molecule has 174 valence electrons. The van der Waals surface area contributed by atoms with Crippen LogP contribution in [-0.2, 0) is 4.79 Å². The van der Waals surface area contributed by atoms with Gasteiger partial charge in [0.15, 0.2) is 12.3 Å². The predicted molar refractivity (Wildman–Crippen MR) is 132 cm³/mol. The first-order chi connectivity index (χ1) is 16.6. The molecule has 2 aromatic heterocycles. The largest absolute Gasteiger partial charge is 1.00 e. The van der Waals surface area contributed by atoms with E-state index in [2.05, 4.69) is 16.2 Å². The lowest BCUT2D eigenvalue weighted by Crippen LogP contribution is -3.00. The highest BCUT2D eigenvalue weighted by molar-refractivity contribution is 6.44. The number of benzene rings is 1. The molecule has 3 aromatic rings. The number of fused-ring (bicyclic) bond motifs is 2. The normalized spacial score (nSPS) is 13.7. The van der Waals surface area contributed by atoms with Crippen LogP contribution in [0.3, 0.4) is 0 Å². The van der Waals surface area contributed by atoms with Gasteiger partial charge in [-0.25, -0.2) is 8.80 Å². The summed E-state index contributed by atoms with van der Waals surface area (Å²) in [6.45, 7) is 0.0686. The fourth-order valence-corrected chi connectivity index (χ4v) is 3.98. The minimum atomic E-state index is -1.37. The van der Waals surface area contributed by atoms with Crippen molar-refractivity contribution in [3.63, 3.8) is 0 Å². The van der Waals surface area contributed by atoms with E-state index in [-0.39, 0.29) is 23.8 Å². The molecule has 0 unspecified atom stereocenters. The number of rotatable bonds is 7. The van der Waals surface area contributed by atoms with Crippen LogP contribution in [0.15, 0.2) is 72.6 Å². The number of H-pyrrole nitrogens is 1. The van der Waals surface area contributed by atoms with Crippen molar-refractivity contribution in [3.8, 4) is 18.1 Å². The zero-order chi connectivity index (χ0) is 23.5. The fraction of sp³-hybridized carbons (Fsp3) is 0.0769. The average Bonchev–Trinajstić information content (AvgIpc) is 3.60. The quantitative estimate of drug-likeness (QED) is 0.387. The first-order valence-electron chi connectivity index (χ1n) is 10.8. The number of aromatic nitrogens is 2. The molecule has 9 heteroatoms. The van der Waals surface area contributed by atoms with E-state index in [9.17, 15) is 4.79 Å². The summed E-state index contributed by atoms with van der Waals surface area (Å²) in [5.74, 6) is 2.64. The molecule has 2 N–H and O–H groups in total. The summed E-state index contributed by atoms with van der Waals surface area (Å²) in [6.07, 6.45) is 16.6. The van der Waals surface area contributed by atoms with Crippen LogP contribution in [0, 0.1) is 12.3 Å². The minimum absolute atomic E-state index is 0. The minimum Gasteiger partial charge on any atom is -1.00 e. The monoisotopic (exact) mass is 470 g/mol. The van der Waals surface area contributed by atoms with Crippen LogP contribution < -0.4 is 14.8 Å². The second kappa shape index (κ2) is 10.1. The SMILES string of the molecule is C#CCNC(=O)COc1ccc(C=Cc2ccc3n2B(F)[N+]2=C(c4ccc[nH]4)C=CC2=C3)cc1.[F-]. The van der Waals surface area contributed by atoms with Crippen molar-refractivity contribution in [2.24, 2.45) is 0 Å². The summed E-state index contributed by atoms with van der Waals surface area (Å²) in [5, 5.41) is 2.54. The Morgan fingerprint density at radius 3 is 2.77 bits per heavy atom. The highest BCUT2D eigenvalue weighted by Crippen LogP contribution is 2.27. The van der Waals surface area contributed by atoms with E-state index in [4.69, 9.17) is 11.2 Å². The molecule has 2 aliphatic heterocycles. The number of carbonyl (C=O) groups is 1. The van der Waals surface area contributed by atoms with E-state index < -0.39 is 7.26 Å². The average molecular weight is 470 g/mol. The van der Waals surface area contributed by atoms with Gasteiger partial charge in [-0.2, -0.15) is 0 Å². The standard InChI is InChI=1S/C26H20BFN4O2.FH/c1-2-15-30-26(33)18-34-23-12-6-19(7-13-23)5-8-20-9-10-21-17-22-11-14-25(24-4-3-16-29-24)32(22)27(28)31(20)21;/h1,3-14,16-17H,15,18H2,(H,30,33);1H. The Hall–Kier alpha value is -4.58. The summed E-state index contributed by atoms with van der Waals surface area (Å²) >= 11 is 0. The number of nitrogens with one attached hydrogen (secondary N) is 2. The van der Waals surface area contributed by atoms with E-state index in [0.717, 1.165) is 34.1 Å². The van der Waals surface area contributed by atoms with Crippen LogP contribution in [0.25, 0.3) is 18.2 Å². The molecule has 0 spiro atoms. The molecule has 0 fully saturated rings. The van der Waals surface area contributed by atoms with E-state index in [0.29, 0.717) is 5.75 Å². The molecule has 0 saturated carbocycles. The molecule has 0 saturated heterocycles. The lowest BCUT2D eigenvalue weighted by molar-refractivity contribution is -0.333. The number of halogens is 2. The fourth-order valence-electron chi connectivity index (χ4n) is 3.98. The van der Waals surface area contributed by atoms with Gasteiger partial charge in [0, 0.05) is 35.8 Å². The van der Waals surface area contributed by atoms with E-state index in [1.54, 1.807) is 21.1 Å². The van der Waals surface area contributed by atoms with Gasteiger partial charge in [-0.15, -0.1) is 6.42 Å². The van der Waals surface area contributed by atoms with Crippen molar-refractivity contribution in [1.29, 1.82) is 0 Å². The van der Waals surface area contributed by atoms with Crippen molar-refractivity contribution >= 4 is 37.1 Å². The van der Waals surface area contributed by atoms with Gasteiger partial charge in [0.1, 0.15) is 11.4 Å². The Labute approximate surface area is 201 Å². The topological polar surface area (TPSA) is 62.1 Å². The van der Waals surface area contributed by atoms with Gasteiger partial charge in [0.25, 0.3) is 5.91 Å². The van der Waals surface area contributed by atoms with Gasteiger partial charge in [0.05, 0.1) is 6.54 Å². The van der Waals surface area contributed by atoms with E-state index in [1.807, 2.05) is 73.0 Å². The first kappa shape index (κ1) is 23.6. The number of amides is 1. The van der Waals surface area contributed by atoms with Crippen LogP contribution in [0.2, 0.25) is 0 Å². The highest BCUT2D eigenvalue weighted by Gasteiger charge is 2.47. The van der Waals surface area contributed by atoms with Crippen LogP contribution >= 0.6 is 0 Å². The third-order valence-electron chi connectivity index (χ3n) is 5.61. The van der Waals surface area contributed by atoms with E-state index in [1.165, 1.54) is 0 Å². The Balaban J connectivity index is 0.00000289. The Kier molecular flexibility index (Phi) is 6.83. The number of terminal acetylenes is 1. The van der Waals surface area contributed by atoms with Crippen molar-refractivity contribution in [1.82, 2.24) is 14.8 Å². The maximum Gasteiger partial charge on any atom is 0.846 e. The first-order valence-corrected chi connectivity index (χ1v) is 10.8. The molecule has 1 amide bonds. The van der Waals surface area contributed by atoms with Crippen LogP contribution in [0.5, 0.6) is 5.75 Å². The molecule has 4 heterocycles. The number of allylic oxidation sites excluding steroid dienone is 2. The molecular formula is C26H21BF2N4O2. The highest BCUT2D eigenvalue weighted by atomic mass is 19.1. The molecule has 35 heavy (non-hydrogen) atoms. The second-order valence-electron chi connectivity index (χ2n) is 7.78. The number of nitrogens with zero attached hydrogens (tertiary/aromatic N) is 2. The molecule has 0 atom stereocenters. The Bertz CT molecular complexity index is 1390. The summed E-state index contributed by atoms with van der Waals surface area (Å²) in [6, 6.07) is 15.0. The predicted octanol–water partition coefficient (Wildman–Crippen LogP) is 0.347. The van der Waals surface area contributed by atoms with Gasteiger partial charge in [-0.05, 0) is 48.0 Å². The van der Waals surface area contributed by atoms with Crippen molar-refractivity contribution in [2.75, 3.05) is 13.2 Å². The van der Waals surface area contributed by atoms with Crippen LogP contribution in [0.4, 0.5) is 4.32 Å². The molecular weight excluding hydrogens is 449 g/mol. The Morgan fingerprint density at radius 2 is 2.03 bits per heavy atom. The van der Waals surface area contributed by atoms with Crippen LogP contribution in [-0.4, -0.2) is 46.0 Å². The van der Waals surface area contributed by atoms with Crippen molar-refractivity contribution in [2.45, 2.75) is 0 Å². The van der Waals surface area contributed by atoms with Gasteiger partial charge < -0.3 is 19.7 Å². The Morgan fingerprint density at radius 1 is 1.20 bits per heavy atom. The molecule has 1 aromatic carbocycles.